The Balaban J connectivity index is 2.24. The van der Waals surface area contributed by atoms with Gasteiger partial charge in [0.25, 0.3) is 0 Å². The maximum Gasteiger partial charge on any atom is 0.128 e. The quantitative estimate of drug-likeness (QED) is 0.858. The number of hydrogen-bond donors (Lipinski definition) is 2. The third kappa shape index (κ3) is 3.92. The van der Waals surface area contributed by atoms with E-state index in [1.165, 1.54) is 0 Å². The van der Waals surface area contributed by atoms with Crippen LogP contribution in [-0.4, -0.2) is 16.5 Å². The van der Waals surface area contributed by atoms with Crippen molar-refractivity contribution in [1.82, 2.24) is 15.3 Å². The molecule has 2 aromatic heterocycles. The van der Waals surface area contributed by atoms with Crippen LogP contribution in [0.2, 0.25) is 5.02 Å². The number of aromatic nitrogens is 2. The molecule has 4 nitrogen and oxygen atoms in total. The second kappa shape index (κ2) is 7.22. The van der Waals surface area contributed by atoms with Crippen molar-refractivity contribution < 1.29 is 0 Å². The second-order valence-corrected chi connectivity index (χ2v) is 5.14. The zero-order valence-corrected chi connectivity index (χ0v) is 12.3. The summed E-state index contributed by atoms with van der Waals surface area (Å²) in [5.74, 6) is 0.520. The number of rotatable bonds is 6. The summed E-state index contributed by atoms with van der Waals surface area (Å²) < 4.78 is 0. The molecular formula is C15H19ClN4. The normalized spacial score (nSPS) is 12.3. The van der Waals surface area contributed by atoms with E-state index in [2.05, 4.69) is 28.3 Å². The van der Waals surface area contributed by atoms with Gasteiger partial charge in [-0.05, 0) is 37.1 Å². The van der Waals surface area contributed by atoms with Gasteiger partial charge in [-0.3, -0.25) is 4.98 Å². The van der Waals surface area contributed by atoms with Crippen molar-refractivity contribution in [1.29, 1.82) is 0 Å². The van der Waals surface area contributed by atoms with Crippen LogP contribution in [-0.2, 0) is 6.42 Å². The minimum Gasteiger partial charge on any atom is -0.383 e. The Kier molecular flexibility index (Phi) is 5.32. The highest BCUT2D eigenvalue weighted by Crippen LogP contribution is 2.25. The summed E-state index contributed by atoms with van der Waals surface area (Å²) in [6.45, 7) is 3.05. The third-order valence-corrected chi connectivity index (χ3v) is 3.30. The molecule has 0 saturated carbocycles. The Hall–Kier alpha value is -1.65. The predicted molar refractivity (Wildman–Crippen MR) is 82.6 cm³/mol. The largest absolute Gasteiger partial charge is 0.383 e. The van der Waals surface area contributed by atoms with E-state index >= 15 is 0 Å². The number of nitrogens with one attached hydrogen (secondary N) is 1. The van der Waals surface area contributed by atoms with Crippen LogP contribution < -0.4 is 11.1 Å². The minimum absolute atomic E-state index is 0.0883. The fourth-order valence-corrected chi connectivity index (χ4v) is 2.28. The summed E-state index contributed by atoms with van der Waals surface area (Å²) in [4.78, 5) is 8.29. The number of hydrogen-bond acceptors (Lipinski definition) is 4. The summed E-state index contributed by atoms with van der Waals surface area (Å²) >= 11 is 6.04. The van der Waals surface area contributed by atoms with Crippen LogP contribution in [0.1, 0.15) is 30.5 Å². The van der Waals surface area contributed by atoms with Gasteiger partial charge in [-0.2, -0.15) is 0 Å². The van der Waals surface area contributed by atoms with Crippen molar-refractivity contribution in [2.75, 3.05) is 12.3 Å². The monoisotopic (exact) mass is 290 g/mol. The molecule has 106 valence electrons. The SMILES string of the molecule is CCCNC(Cc1cccnc1)c1cc(Cl)cnc1N. The summed E-state index contributed by atoms with van der Waals surface area (Å²) in [5.41, 5.74) is 8.08. The molecule has 0 aliphatic carbocycles. The van der Waals surface area contributed by atoms with Crippen molar-refractivity contribution in [2.24, 2.45) is 0 Å². The van der Waals surface area contributed by atoms with Crippen LogP contribution in [0.3, 0.4) is 0 Å². The standard InChI is InChI=1S/C15H19ClN4/c1-2-5-19-14(7-11-4-3-6-18-9-11)13-8-12(16)10-20-15(13)17/h3-4,6,8-10,14,19H,2,5,7H2,1H3,(H2,17,20). The van der Waals surface area contributed by atoms with Gasteiger partial charge in [-0.25, -0.2) is 4.98 Å². The van der Waals surface area contributed by atoms with E-state index in [1.807, 2.05) is 18.3 Å². The van der Waals surface area contributed by atoms with Crippen molar-refractivity contribution >= 4 is 17.4 Å². The Morgan fingerprint density at radius 2 is 2.25 bits per heavy atom. The summed E-state index contributed by atoms with van der Waals surface area (Å²) in [7, 11) is 0. The number of nitrogens with zero attached hydrogens (tertiary/aromatic N) is 2. The molecule has 20 heavy (non-hydrogen) atoms. The molecule has 5 heteroatoms. The fourth-order valence-electron chi connectivity index (χ4n) is 2.11. The van der Waals surface area contributed by atoms with Crippen LogP contribution in [0.15, 0.2) is 36.8 Å². The molecule has 0 saturated heterocycles. The van der Waals surface area contributed by atoms with E-state index in [-0.39, 0.29) is 6.04 Å². The van der Waals surface area contributed by atoms with E-state index in [4.69, 9.17) is 17.3 Å². The van der Waals surface area contributed by atoms with E-state index in [9.17, 15) is 0 Å². The molecule has 2 heterocycles. The number of nitrogens with two attached hydrogens (primary N) is 1. The lowest BCUT2D eigenvalue weighted by Crippen LogP contribution is -2.25. The average molecular weight is 291 g/mol. The molecule has 0 fully saturated rings. The molecule has 0 aromatic carbocycles. The lowest BCUT2D eigenvalue weighted by atomic mass is 10.00. The third-order valence-electron chi connectivity index (χ3n) is 3.09. The van der Waals surface area contributed by atoms with Crippen LogP contribution >= 0.6 is 11.6 Å². The van der Waals surface area contributed by atoms with Gasteiger partial charge < -0.3 is 11.1 Å². The summed E-state index contributed by atoms with van der Waals surface area (Å²) in [5, 5.41) is 4.10. The highest BCUT2D eigenvalue weighted by molar-refractivity contribution is 6.30. The molecule has 1 atom stereocenters. The molecule has 0 spiro atoms. The zero-order chi connectivity index (χ0) is 14.4. The van der Waals surface area contributed by atoms with Crippen molar-refractivity contribution in [3.63, 3.8) is 0 Å². The molecular weight excluding hydrogens is 272 g/mol. The average Bonchev–Trinajstić information content (AvgIpc) is 2.47. The first-order chi connectivity index (χ1) is 9.70. The van der Waals surface area contributed by atoms with Gasteiger partial charge in [0.15, 0.2) is 0 Å². The Bertz CT molecular complexity index is 545. The molecule has 1 unspecified atom stereocenters. The number of anilines is 1. The van der Waals surface area contributed by atoms with Crippen LogP contribution in [0.4, 0.5) is 5.82 Å². The maximum absolute atomic E-state index is 6.04. The molecule has 2 aromatic rings. The molecule has 3 N–H and O–H groups in total. The molecule has 0 amide bonds. The Labute approximate surface area is 124 Å². The highest BCUT2D eigenvalue weighted by atomic mass is 35.5. The summed E-state index contributed by atoms with van der Waals surface area (Å²) in [6, 6.07) is 5.96. The smallest absolute Gasteiger partial charge is 0.128 e. The van der Waals surface area contributed by atoms with Gasteiger partial charge in [-0.1, -0.05) is 24.6 Å². The minimum atomic E-state index is 0.0883. The highest BCUT2D eigenvalue weighted by Gasteiger charge is 2.16. The first-order valence-corrected chi connectivity index (χ1v) is 7.11. The van der Waals surface area contributed by atoms with Crippen LogP contribution in [0.25, 0.3) is 0 Å². The predicted octanol–water partition coefficient (Wildman–Crippen LogP) is 3.00. The van der Waals surface area contributed by atoms with E-state index < -0.39 is 0 Å². The van der Waals surface area contributed by atoms with E-state index in [0.717, 1.165) is 30.5 Å². The van der Waals surface area contributed by atoms with Crippen LogP contribution in [0.5, 0.6) is 0 Å². The molecule has 0 aliphatic rings. The fraction of sp³-hybridized carbons (Fsp3) is 0.333. The first-order valence-electron chi connectivity index (χ1n) is 6.74. The van der Waals surface area contributed by atoms with Gasteiger partial charge in [0.05, 0.1) is 5.02 Å². The van der Waals surface area contributed by atoms with E-state index in [1.54, 1.807) is 12.4 Å². The molecule has 2 rings (SSSR count). The van der Waals surface area contributed by atoms with E-state index in [0.29, 0.717) is 10.8 Å². The molecule has 0 radical (unpaired) electrons. The van der Waals surface area contributed by atoms with Crippen molar-refractivity contribution in [2.45, 2.75) is 25.8 Å². The molecule has 0 aliphatic heterocycles. The van der Waals surface area contributed by atoms with Gasteiger partial charge in [-0.15, -0.1) is 0 Å². The van der Waals surface area contributed by atoms with Gasteiger partial charge in [0, 0.05) is 30.2 Å². The second-order valence-electron chi connectivity index (χ2n) is 4.70. The Morgan fingerprint density at radius 1 is 1.40 bits per heavy atom. The summed E-state index contributed by atoms with van der Waals surface area (Å²) in [6.07, 6.45) is 7.07. The van der Waals surface area contributed by atoms with Crippen LogP contribution in [0, 0.1) is 0 Å². The van der Waals surface area contributed by atoms with Gasteiger partial charge in [0.1, 0.15) is 5.82 Å². The Morgan fingerprint density at radius 3 is 2.95 bits per heavy atom. The number of nitrogen functional groups attached to an aromatic ring is 1. The number of halogens is 1. The molecule has 0 bridgehead atoms. The van der Waals surface area contributed by atoms with Gasteiger partial charge >= 0.3 is 0 Å². The lowest BCUT2D eigenvalue weighted by Gasteiger charge is -2.20. The number of pyridine rings is 2. The van der Waals surface area contributed by atoms with Crippen molar-refractivity contribution in [3.05, 3.63) is 52.9 Å². The first kappa shape index (κ1) is 14.8. The topological polar surface area (TPSA) is 63.8 Å². The van der Waals surface area contributed by atoms with Crippen molar-refractivity contribution in [3.8, 4) is 0 Å². The lowest BCUT2D eigenvalue weighted by molar-refractivity contribution is 0.529. The zero-order valence-electron chi connectivity index (χ0n) is 11.5. The maximum atomic E-state index is 6.04. The van der Waals surface area contributed by atoms with Gasteiger partial charge in [0.2, 0.25) is 0 Å².